The molecule has 1 unspecified atom stereocenters. The molecule has 1 amide bonds. The number of aliphatic imine (C=N–C) groups is 1. The zero-order valence-electron chi connectivity index (χ0n) is 14.6. The predicted octanol–water partition coefficient (Wildman–Crippen LogP) is 1.15. The lowest BCUT2D eigenvalue weighted by Gasteiger charge is -2.20. The Bertz CT molecular complexity index is 460. The zero-order chi connectivity index (χ0) is 16.7. The molecule has 2 N–H and O–H groups in total. The number of nitrogens with one attached hydrogen (secondary N) is 2. The zero-order valence-corrected chi connectivity index (χ0v) is 14.6. The molecule has 0 radical (unpaired) electrons. The van der Waals surface area contributed by atoms with E-state index in [-0.39, 0.29) is 17.9 Å². The Kier molecular flexibility index (Phi) is 6.89. The molecule has 2 heterocycles. The molecular formula is C17H30N4O2. The summed E-state index contributed by atoms with van der Waals surface area (Å²) in [6.07, 6.45) is 5.20. The minimum Gasteiger partial charge on any atom is -0.377 e. The number of hydrogen-bond donors (Lipinski definition) is 2. The van der Waals surface area contributed by atoms with E-state index in [1.165, 1.54) is 5.57 Å². The van der Waals surface area contributed by atoms with Crippen molar-refractivity contribution in [2.75, 3.05) is 39.9 Å². The SMILES string of the molecule is CN=C(NCCC1=CCOCC1)NC1CCN(C(=O)C(C)C)C1. The Hall–Kier alpha value is -1.56. The smallest absolute Gasteiger partial charge is 0.225 e. The van der Waals surface area contributed by atoms with Crippen molar-refractivity contribution in [2.45, 2.75) is 39.2 Å². The van der Waals surface area contributed by atoms with Crippen LogP contribution in [-0.4, -0.2) is 62.7 Å². The molecule has 1 fully saturated rings. The van der Waals surface area contributed by atoms with E-state index < -0.39 is 0 Å². The molecule has 1 atom stereocenters. The Labute approximate surface area is 139 Å². The number of guanidine groups is 1. The van der Waals surface area contributed by atoms with Crippen LogP contribution in [0.4, 0.5) is 0 Å². The molecule has 0 aromatic heterocycles. The summed E-state index contributed by atoms with van der Waals surface area (Å²) in [5, 5.41) is 6.79. The molecule has 6 heteroatoms. The van der Waals surface area contributed by atoms with Crippen molar-refractivity contribution in [2.24, 2.45) is 10.9 Å². The van der Waals surface area contributed by atoms with Crippen molar-refractivity contribution in [3.63, 3.8) is 0 Å². The number of nitrogens with zero attached hydrogens (tertiary/aromatic N) is 2. The first-order chi connectivity index (χ1) is 11.1. The maximum Gasteiger partial charge on any atom is 0.225 e. The molecule has 0 aromatic carbocycles. The molecule has 0 aromatic rings. The highest BCUT2D eigenvalue weighted by Gasteiger charge is 2.27. The van der Waals surface area contributed by atoms with Crippen LogP contribution in [0.1, 0.15) is 33.1 Å². The molecule has 23 heavy (non-hydrogen) atoms. The number of carbonyl (C=O) groups excluding carboxylic acids is 1. The van der Waals surface area contributed by atoms with Crippen LogP contribution >= 0.6 is 0 Å². The van der Waals surface area contributed by atoms with Gasteiger partial charge < -0.3 is 20.3 Å². The van der Waals surface area contributed by atoms with E-state index in [2.05, 4.69) is 21.7 Å². The molecule has 130 valence electrons. The van der Waals surface area contributed by atoms with E-state index in [1.807, 2.05) is 18.7 Å². The summed E-state index contributed by atoms with van der Waals surface area (Å²) in [5.41, 5.74) is 1.45. The maximum absolute atomic E-state index is 12.0. The second-order valence-electron chi connectivity index (χ2n) is 6.51. The molecule has 6 nitrogen and oxygen atoms in total. The van der Waals surface area contributed by atoms with Gasteiger partial charge in [0.05, 0.1) is 13.2 Å². The normalized spacial score (nSPS) is 22.3. The van der Waals surface area contributed by atoms with E-state index >= 15 is 0 Å². The topological polar surface area (TPSA) is 66.0 Å². The van der Waals surface area contributed by atoms with Gasteiger partial charge in [-0.15, -0.1) is 0 Å². The number of amides is 1. The van der Waals surface area contributed by atoms with E-state index in [9.17, 15) is 4.79 Å². The molecule has 0 spiro atoms. The van der Waals surface area contributed by atoms with Crippen LogP contribution in [0, 0.1) is 5.92 Å². The summed E-state index contributed by atoms with van der Waals surface area (Å²) in [5.74, 6) is 1.13. The molecule has 2 aliphatic heterocycles. The first-order valence-electron chi connectivity index (χ1n) is 8.61. The number of rotatable bonds is 5. The number of hydrogen-bond acceptors (Lipinski definition) is 3. The van der Waals surface area contributed by atoms with Crippen LogP contribution in [0.15, 0.2) is 16.6 Å². The highest BCUT2D eigenvalue weighted by Crippen LogP contribution is 2.13. The van der Waals surface area contributed by atoms with Gasteiger partial charge in [-0.05, 0) is 19.3 Å². The summed E-state index contributed by atoms with van der Waals surface area (Å²) < 4.78 is 5.32. The quantitative estimate of drug-likeness (QED) is 0.453. The van der Waals surface area contributed by atoms with Crippen LogP contribution in [0.2, 0.25) is 0 Å². The van der Waals surface area contributed by atoms with Gasteiger partial charge in [0.25, 0.3) is 0 Å². The monoisotopic (exact) mass is 322 g/mol. The number of ether oxygens (including phenoxy) is 1. The van der Waals surface area contributed by atoms with Gasteiger partial charge in [0, 0.05) is 38.6 Å². The first-order valence-corrected chi connectivity index (χ1v) is 8.61. The molecule has 2 rings (SSSR count). The van der Waals surface area contributed by atoms with E-state index in [1.54, 1.807) is 7.05 Å². The van der Waals surface area contributed by atoms with Crippen molar-refractivity contribution in [3.05, 3.63) is 11.6 Å². The second-order valence-corrected chi connectivity index (χ2v) is 6.51. The summed E-state index contributed by atoms with van der Waals surface area (Å²) >= 11 is 0. The molecule has 1 saturated heterocycles. The van der Waals surface area contributed by atoms with Gasteiger partial charge in [-0.2, -0.15) is 0 Å². The van der Waals surface area contributed by atoms with Gasteiger partial charge in [0.1, 0.15) is 0 Å². The third-order valence-electron chi connectivity index (χ3n) is 4.35. The lowest BCUT2D eigenvalue weighted by atomic mass is 10.1. The fourth-order valence-corrected chi connectivity index (χ4v) is 2.97. The van der Waals surface area contributed by atoms with Crippen LogP contribution in [0.5, 0.6) is 0 Å². The number of carbonyl (C=O) groups is 1. The van der Waals surface area contributed by atoms with Gasteiger partial charge in [-0.1, -0.05) is 25.5 Å². The van der Waals surface area contributed by atoms with Gasteiger partial charge in [-0.3, -0.25) is 9.79 Å². The Morgan fingerprint density at radius 2 is 2.35 bits per heavy atom. The minimum atomic E-state index is 0.0685. The van der Waals surface area contributed by atoms with Crippen LogP contribution in [0.3, 0.4) is 0 Å². The summed E-state index contributed by atoms with van der Waals surface area (Å²) in [7, 11) is 1.79. The largest absolute Gasteiger partial charge is 0.377 e. The third-order valence-corrected chi connectivity index (χ3v) is 4.35. The molecular weight excluding hydrogens is 292 g/mol. The highest BCUT2D eigenvalue weighted by molar-refractivity contribution is 5.81. The Morgan fingerprint density at radius 3 is 3.00 bits per heavy atom. The standard InChI is InChI=1S/C17H30N4O2/c1-13(2)16(22)21-9-5-15(12-21)20-17(18-3)19-8-4-14-6-10-23-11-7-14/h6,13,15H,4-5,7-12H2,1-3H3,(H2,18,19,20). The Morgan fingerprint density at radius 1 is 1.52 bits per heavy atom. The van der Waals surface area contributed by atoms with Crippen molar-refractivity contribution in [1.29, 1.82) is 0 Å². The number of likely N-dealkylation sites (tertiary alicyclic amines) is 1. The average Bonchev–Trinajstić information content (AvgIpc) is 3.02. The molecule has 0 aliphatic carbocycles. The fourth-order valence-electron chi connectivity index (χ4n) is 2.97. The van der Waals surface area contributed by atoms with Crippen molar-refractivity contribution < 1.29 is 9.53 Å². The van der Waals surface area contributed by atoms with Crippen molar-refractivity contribution in [1.82, 2.24) is 15.5 Å². The molecule has 0 saturated carbocycles. The molecule has 2 aliphatic rings. The second kappa shape index (κ2) is 8.91. The summed E-state index contributed by atoms with van der Waals surface area (Å²) in [4.78, 5) is 18.3. The van der Waals surface area contributed by atoms with Gasteiger partial charge in [0.2, 0.25) is 5.91 Å². The van der Waals surface area contributed by atoms with Crippen molar-refractivity contribution in [3.8, 4) is 0 Å². The maximum atomic E-state index is 12.0. The van der Waals surface area contributed by atoms with Crippen LogP contribution < -0.4 is 10.6 Å². The lowest BCUT2D eigenvalue weighted by Crippen LogP contribution is -2.45. The van der Waals surface area contributed by atoms with Crippen molar-refractivity contribution >= 4 is 11.9 Å². The van der Waals surface area contributed by atoms with Gasteiger partial charge in [0.15, 0.2) is 5.96 Å². The van der Waals surface area contributed by atoms with E-state index in [0.29, 0.717) is 0 Å². The minimum absolute atomic E-state index is 0.0685. The van der Waals surface area contributed by atoms with Crippen LogP contribution in [0.25, 0.3) is 0 Å². The van der Waals surface area contributed by atoms with Crippen LogP contribution in [-0.2, 0) is 9.53 Å². The summed E-state index contributed by atoms with van der Waals surface area (Å²) in [6.45, 7) is 7.94. The third kappa shape index (κ3) is 5.53. The van der Waals surface area contributed by atoms with Gasteiger partial charge in [-0.25, -0.2) is 0 Å². The highest BCUT2D eigenvalue weighted by atomic mass is 16.5. The predicted molar refractivity (Wildman–Crippen MR) is 92.5 cm³/mol. The molecule has 0 bridgehead atoms. The summed E-state index contributed by atoms with van der Waals surface area (Å²) in [6, 6.07) is 0.284. The first kappa shape index (κ1) is 17.8. The lowest BCUT2D eigenvalue weighted by molar-refractivity contribution is -0.133. The average molecular weight is 322 g/mol. The fraction of sp³-hybridized carbons (Fsp3) is 0.765. The van der Waals surface area contributed by atoms with E-state index in [0.717, 1.165) is 58.1 Å². The van der Waals surface area contributed by atoms with E-state index in [4.69, 9.17) is 4.74 Å². The van der Waals surface area contributed by atoms with Gasteiger partial charge >= 0.3 is 0 Å². The Balaban J connectivity index is 1.71.